The number of fused-ring (bicyclic) bond motifs is 2. The summed E-state index contributed by atoms with van der Waals surface area (Å²) in [4.78, 5) is 32.9. The maximum Gasteiger partial charge on any atom is 0.261 e. The second-order valence-electron chi connectivity index (χ2n) is 8.81. The minimum atomic E-state index is -0.188. The molecule has 174 valence electrons. The van der Waals surface area contributed by atoms with Crippen LogP contribution in [0.2, 0.25) is 0 Å². The number of methoxy groups -OCH3 is 1. The van der Waals surface area contributed by atoms with Crippen molar-refractivity contribution in [2.45, 2.75) is 44.7 Å². The fraction of sp³-hybridized carbons (Fsp3) is 0.423. The van der Waals surface area contributed by atoms with E-state index in [1.54, 1.807) is 25.3 Å². The third-order valence-corrected chi connectivity index (χ3v) is 6.41. The third-order valence-electron chi connectivity index (χ3n) is 6.41. The molecule has 0 saturated heterocycles. The first-order valence-corrected chi connectivity index (χ1v) is 11.6. The van der Waals surface area contributed by atoms with Gasteiger partial charge in [0, 0.05) is 30.6 Å². The Hall–Kier alpha value is -3.19. The number of nitrogens with zero attached hydrogens (tertiary/aromatic N) is 3. The molecule has 0 saturated carbocycles. The summed E-state index contributed by atoms with van der Waals surface area (Å²) >= 11 is 0. The number of aryl methyl sites for hydroxylation is 1. The van der Waals surface area contributed by atoms with Crippen LogP contribution in [0.1, 0.15) is 53.5 Å². The summed E-state index contributed by atoms with van der Waals surface area (Å²) < 4.78 is 7.33. The van der Waals surface area contributed by atoms with Crippen LogP contribution >= 0.6 is 0 Å². The van der Waals surface area contributed by atoms with E-state index < -0.39 is 0 Å². The predicted molar refractivity (Wildman–Crippen MR) is 130 cm³/mol. The van der Waals surface area contributed by atoms with E-state index in [0.717, 1.165) is 49.2 Å². The Balaban J connectivity index is 1.57. The summed E-state index contributed by atoms with van der Waals surface area (Å²) in [5.74, 6) is 1.43. The third kappa shape index (κ3) is 4.93. The van der Waals surface area contributed by atoms with E-state index >= 15 is 0 Å². The van der Waals surface area contributed by atoms with Crippen LogP contribution in [0.4, 0.5) is 0 Å². The zero-order valence-electron chi connectivity index (χ0n) is 19.6. The molecule has 1 aliphatic rings. The average Bonchev–Trinajstić information content (AvgIpc) is 2.80. The number of carbonyl (C=O) groups excluding carboxylic acids is 1. The van der Waals surface area contributed by atoms with E-state index in [-0.39, 0.29) is 17.5 Å². The molecule has 0 spiro atoms. The molecule has 0 aliphatic carbocycles. The lowest BCUT2D eigenvalue weighted by molar-refractivity contribution is 0.0941. The van der Waals surface area contributed by atoms with E-state index in [1.807, 2.05) is 42.9 Å². The summed E-state index contributed by atoms with van der Waals surface area (Å²) in [6.07, 6.45) is 5.14. The maximum atomic E-state index is 13.0. The first kappa shape index (κ1) is 23.0. The molecular weight excluding hydrogens is 416 g/mol. The van der Waals surface area contributed by atoms with Gasteiger partial charge in [-0.3, -0.25) is 14.2 Å². The van der Waals surface area contributed by atoms with Crippen molar-refractivity contribution in [2.75, 3.05) is 27.7 Å². The number of rotatable bonds is 6. The highest BCUT2D eigenvalue weighted by Gasteiger charge is 2.20. The lowest BCUT2D eigenvalue weighted by Gasteiger charge is -2.26. The standard InChI is InChI=1S/C26H32N4O3/c1-29(2)22(20-10-7-8-11-23(20)33-3)17-27-25(31)18-13-14-19-21(16-18)28-24-12-6-4-5-9-15-30(24)26(19)32/h7-8,10-11,13-14,16,22H,4-6,9,12,15,17H2,1-3H3,(H,27,31). The number of aromatic nitrogens is 2. The largest absolute Gasteiger partial charge is 0.496 e. The second-order valence-corrected chi connectivity index (χ2v) is 8.81. The Morgan fingerprint density at radius 1 is 1.15 bits per heavy atom. The van der Waals surface area contributed by atoms with Crippen molar-refractivity contribution in [2.24, 2.45) is 0 Å². The number of hydrogen-bond donors (Lipinski definition) is 1. The highest BCUT2D eigenvalue weighted by atomic mass is 16.5. The molecular formula is C26H32N4O3. The first-order valence-electron chi connectivity index (χ1n) is 11.6. The van der Waals surface area contributed by atoms with Gasteiger partial charge in [0.25, 0.3) is 11.5 Å². The van der Waals surface area contributed by atoms with E-state index in [1.165, 1.54) is 0 Å². The fourth-order valence-corrected chi connectivity index (χ4v) is 4.54. The molecule has 33 heavy (non-hydrogen) atoms. The Kier molecular flexibility index (Phi) is 7.08. The highest BCUT2D eigenvalue weighted by molar-refractivity contribution is 5.97. The number of benzene rings is 2. The number of para-hydroxylation sites is 1. The van der Waals surface area contributed by atoms with Crippen molar-refractivity contribution in [3.05, 3.63) is 69.8 Å². The number of nitrogens with one attached hydrogen (secondary N) is 1. The highest BCUT2D eigenvalue weighted by Crippen LogP contribution is 2.27. The molecule has 1 atom stereocenters. The number of hydrogen-bond acceptors (Lipinski definition) is 5. The zero-order valence-corrected chi connectivity index (χ0v) is 19.6. The van der Waals surface area contributed by atoms with Crippen molar-refractivity contribution in [3.63, 3.8) is 0 Å². The summed E-state index contributed by atoms with van der Waals surface area (Å²) in [5, 5.41) is 3.61. The summed E-state index contributed by atoms with van der Waals surface area (Å²) in [6, 6.07) is 13.0. The number of carbonyl (C=O) groups is 1. The topological polar surface area (TPSA) is 76.5 Å². The van der Waals surface area contributed by atoms with Gasteiger partial charge in [-0.2, -0.15) is 0 Å². The molecule has 0 radical (unpaired) electrons. The van der Waals surface area contributed by atoms with Gasteiger partial charge in [-0.05, 0) is 51.2 Å². The minimum absolute atomic E-state index is 0.00676. The van der Waals surface area contributed by atoms with Gasteiger partial charge in [-0.15, -0.1) is 0 Å². The molecule has 1 aliphatic heterocycles. The van der Waals surface area contributed by atoms with E-state index in [4.69, 9.17) is 9.72 Å². The lowest BCUT2D eigenvalue weighted by atomic mass is 10.0. The van der Waals surface area contributed by atoms with Crippen LogP contribution in [0, 0.1) is 0 Å². The summed E-state index contributed by atoms with van der Waals surface area (Å²) in [5.41, 5.74) is 2.10. The lowest BCUT2D eigenvalue weighted by Crippen LogP contribution is -2.34. The molecule has 1 N–H and O–H groups in total. The second kappa shape index (κ2) is 10.2. The molecule has 0 bridgehead atoms. The molecule has 0 fully saturated rings. The van der Waals surface area contributed by atoms with Crippen LogP contribution in [0.3, 0.4) is 0 Å². The number of amides is 1. The number of ether oxygens (including phenoxy) is 1. The normalized spacial score (nSPS) is 14.9. The van der Waals surface area contributed by atoms with E-state index in [0.29, 0.717) is 29.6 Å². The van der Waals surface area contributed by atoms with Gasteiger partial charge in [0.2, 0.25) is 0 Å². The Morgan fingerprint density at radius 3 is 2.73 bits per heavy atom. The molecule has 4 rings (SSSR count). The molecule has 2 aromatic carbocycles. The SMILES string of the molecule is COc1ccccc1C(CNC(=O)c1ccc2c(=O)n3c(nc2c1)CCCCCC3)N(C)C. The van der Waals surface area contributed by atoms with Crippen molar-refractivity contribution in [1.29, 1.82) is 0 Å². The zero-order chi connectivity index (χ0) is 23.4. The van der Waals surface area contributed by atoms with E-state index in [9.17, 15) is 9.59 Å². The van der Waals surface area contributed by atoms with Crippen molar-refractivity contribution >= 4 is 16.8 Å². The van der Waals surface area contributed by atoms with Gasteiger partial charge in [-0.25, -0.2) is 4.98 Å². The predicted octanol–water partition coefficient (Wildman–Crippen LogP) is 3.55. The van der Waals surface area contributed by atoms with Gasteiger partial charge in [0.1, 0.15) is 11.6 Å². The molecule has 1 amide bonds. The molecule has 7 nitrogen and oxygen atoms in total. The average molecular weight is 449 g/mol. The number of likely N-dealkylation sites (N-methyl/N-ethyl adjacent to an activating group) is 1. The quantitative estimate of drug-likeness (QED) is 0.624. The van der Waals surface area contributed by atoms with Crippen LogP contribution in [0.15, 0.2) is 47.3 Å². The van der Waals surface area contributed by atoms with Gasteiger partial charge < -0.3 is 15.0 Å². The van der Waals surface area contributed by atoms with Gasteiger partial charge >= 0.3 is 0 Å². The smallest absolute Gasteiger partial charge is 0.261 e. The van der Waals surface area contributed by atoms with Gasteiger partial charge in [0.05, 0.1) is 24.1 Å². The molecule has 1 aromatic heterocycles. The Bertz CT molecular complexity index is 1200. The van der Waals surface area contributed by atoms with E-state index in [2.05, 4.69) is 10.2 Å². The van der Waals surface area contributed by atoms with Crippen LogP contribution in [0.5, 0.6) is 5.75 Å². The van der Waals surface area contributed by atoms with Crippen molar-refractivity contribution in [3.8, 4) is 5.75 Å². The molecule has 3 aromatic rings. The van der Waals surface area contributed by atoms with Crippen LogP contribution < -0.4 is 15.6 Å². The van der Waals surface area contributed by atoms with Gasteiger partial charge in [0.15, 0.2) is 0 Å². The summed E-state index contributed by atoms with van der Waals surface area (Å²) in [6.45, 7) is 1.14. The Morgan fingerprint density at radius 2 is 1.94 bits per heavy atom. The van der Waals surface area contributed by atoms with Crippen LogP contribution in [-0.2, 0) is 13.0 Å². The van der Waals surface area contributed by atoms with Crippen molar-refractivity contribution < 1.29 is 9.53 Å². The minimum Gasteiger partial charge on any atom is -0.496 e. The molecule has 1 unspecified atom stereocenters. The molecule has 7 heteroatoms. The van der Waals surface area contributed by atoms with Gasteiger partial charge in [-0.1, -0.05) is 31.0 Å². The monoisotopic (exact) mass is 448 g/mol. The fourth-order valence-electron chi connectivity index (χ4n) is 4.54. The summed E-state index contributed by atoms with van der Waals surface area (Å²) in [7, 11) is 5.60. The van der Waals surface area contributed by atoms with Crippen LogP contribution in [0.25, 0.3) is 10.9 Å². The molecule has 2 heterocycles. The van der Waals surface area contributed by atoms with Crippen LogP contribution in [-0.4, -0.2) is 48.1 Å². The Labute approximate surface area is 194 Å². The maximum absolute atomic E-state index is 13.0. The van der Waals surface area contributed by atoms with Crippen molar-refractivity contribution in [1.82, 2.24) is 19.8 Å². The first-order chi connectivity index (χ1) is 16.0.